The van der Waals surface area contributed by atoms with Crippen molar-refractivity contribution in [3.05, 3.63) is 29.8 Å². The number of hydrogen-bond acceptors (Lipinski definition) is 3. The van der Waals surface area contributed by atoms with Crippen molar-refractivity contribution in [3.8, 4) is 6.07 Å². The molecule has 1 saturated carbocycles. The number of nitrogens with zero attached hydrogens (tertiary/aromatic N) is 1. The van der Waals surface area contributed by atoms with Crippen LogP contribution in [0.1, 0.15) is 25.3 Å². The third kappa shape index (κ3) is 3.09. The molecular formula is C13H16N2O2S. The number of sulfonamides is 1. The maximum atomic E-state index is 12.0. The standard InChI is InChI=1S/C13H16N2O2S/c1-13(7-8-13)10-15-18(16,17)12-4-2-11(3-5-12)6-9-14/h2-5,15H,6-8,10H2,1H3. The minimum atomic E-state index is -3.42. The van der Waals surface area contributed by atoms with Gasteiger partial charge in [-0.3, -0.25) is 0 Å². The van der Waals surface area contributed by atoms with Gasteiger partial charge in [0.2, 0.25) is 10.0 Å². The molecule has 0 aliphatic heterocycles. The van der Waals surface area contributed by atoms with Crippen LogP contribution in [0.25, 0.3) is 0 Å². The Labute approximate surface area is 108 Å². The molecule has 5 heteroatoms. The van der Waals surface area contributed by atoms with Crippen LogP contribution >= 0.6 is 0 Å². The van der Waals surface area contributed by atoms with E-state index in [2.05, 4.69) is 11.6 Å². The molecule has 0 heterocycles. The fraction of sp³-hybridized carbons (Fsp3) is 0.462. The molecule has 1 N–H and O–H groups in total. The van der Waals surface area contributed by atoms with Gasteiger partial charge in [0.25, 0.3) is 0 Å². The van der Waals surface area contributed by atoms with Crippen molar-refractivity contribution in [1.29, 1.82) is 5.26 Å². The minimum absolute atomic E-state index is 0.147. The first kappa shape index (κ1) is 13.1. The van der Waals surface area contributed by atoms with Crippen LogP contribution < -0.4 is 4.72 Å². The molecule has 1 aliphatic carbocycles. The average molecular weight is 264 g/mol. The summed E-state index contributed by atoms with van der Waals surface area (Å²) in [6.07, 6.45) is 2.46. The molecule has 96 valence electrons. The lowest BCUT2D eigenvalue weighted by Crippen LogP contribution is -2.29. The highest BCUT2D eigenvalue weighted by molar-refractivity contribution is 7.89. The van der Waals surface area contributed by atoms with E-state index in [1.165, 1.54) is 0 Å². The van der Waals surface area contributed by atoms with Gasteiger partial charge in [-0.2, -0.15) is 5.26 Å². The number of hydrogen-bond donors (Lipinski definition) is 1. The molecule has 0 amide bonds. The van der Waals surface area contributed by atoms with Gasteiger partial charge >= 0.3 is 0 Å². The maximum absolute atomic E-state index is 12.0. The monoisotopic (exact) mass is 264 g/mol. The molecule has 0 saturated heterocycles. The van der Waals surface area contributed by atoms with E-state index in [0.717, 1.165) is 18.4 Å². The molecule has 0 unspecified atom stereocenters. The smallest absolute Gasteiger partial charge is 0.211 e. The van der Waals surface area contributed by atoms with Gasteiger partial charge in [0.05, 0.1) is 17.4 Å². The van der Waals surface area contributed by atoms with Gasteiger partial charge in [-0.15, -0.1) is 0 Å². The first-order chi connectivity index (χ1) is 8.45. The van der Waals surface area contributed by atoms with E-state index >= 15 is 0 Å². The zero-order chi connectivity index (χ0) is 13.2. The van der Waals surface area contributed by atoms with Crippen LogP contribution in [0.4, 0.5) is 0 Å². The van der Waals surface area contributed by atoms with Crippen molar-refractivity contribution in [2.24, 2.45) is 5.41 Å². The van der Waals surface area contributed by atoms with Crippen molar-refractivity contribution in [2.45, 2.75) is 31.1 Å². The van der Waals surface area contributed by atoms with E-state index in [0.29, 0.717) is 13.0 Å². The van der Waals surface area contributed by atoms with Gasteiger partial charge in [-0.25, -0.2) is 13.1 Å². The number of benzene rings is 1. The highest BCUT2D eigenvalue weighted by Crippen LogP contribution is 2.44. The maximum Gasteiger partial charge on any atom is 0.240 e. The molecular weight excluding hydrogens is 248 g/mol. The van der Waals surface area contributed by atoms with Crippen molar-refractivity contribution in [2.75, 3.05) is 6.54 Å². The van der Waals surface area contributed by atoms with E-state index in [1.807, 2.05) is 6.07 Å². The van der Waals surface area contributed by atoms with E-state index in [4.69, 9.17) is 5.26 Å². The van der Waals surface area contributed by atoms with Crippen LogP contribution in [0.5, 0.6) is 0 Å². The van der Waals surface area contributed by atoms with E-state index in [1.54, 1.807) is 24.3 Å². The van der Waals surface area contributed by atoms with E-state index in [-0.39, 0.29) is 10.3 Å². The van der Waals surface area contributed by atoms with Crippen LogP contribution in [-0.2, 0) is 16.4 Å². The molecule has 4 nitrogen and oxygen atoms in total. The van der Waals surface area contributed by atoms with Crippen LogP contribution in [0.2, 0.25) is 0 Å². The first-order valence-electron chi connectivity index (χ1n) is 5.91. The second kappa shape index (κ2) is 4.71. The first-order valence-corrected chi connectivity index (χ1v) is 7.39. The molecule has 18 heavy (non-hydrogen) atoms. The molecule has 1 aliphatic rings. The number of rotatable bonds is 5. The molecule has 0 bridgehead atoms. The molecule has 2 rings (SSSR count). The minimum Gasteiger partial charge on any atom is -0.211 e. The van der Waals surface area contributed by atoms with E-state index < -0.39 is 10.0 Å². The van der Waals surface area contributed by atoms with E-state index in [9.17, 15) is 8.42 Å². The topological polar surface area (TPSA) is 70.0 Å². The summed E-state index contributed by atoms with van der Waals surface area (Å²) in [7, 11) is -3.42. The lowest BCUT2D eigenvalue weighted by molar-refractivity contribution is 0.530. The van der Waals surface area contributed by atoms with Gasteiger partial charge in [-0.05, 0) is 36.0 Å². The quantitative estimate of drug-likeness (QED) is 0.882. The fourth-order valence-corrected chi connectivity index (χ4v) is 2.82. The second-order valence-electron chi connectivity index (χ2n) is 5.11. The Balaban J connectivity index is 2.07. The Kier molecular flexibility index (Phi) is 3.42. The fourth-order valence-electron chi connectivity index (χ4n) is 1.62. The summed E-state index contributed by atoms with van der Waals surface area (Å²) in [5.74, 6) is 0. The summed E-state index contributed by atoms with van der Waals surface area (Å²) in [6, 6.07) is 8.48. The van der Waals surface area contributed by atoms with Crippen LogP contribution in [-0.4, -0.2) is 15.0 Å². The SMILES string of the molecule is CC1(CNS(=O)(=O)c2ccc(CC#N)cc2)CC1. The molecule has 1 aromatic carbocycles. The average Bonchev–Trinajstić information content (AvgIpc) is 3.07. The molecule has 0 aromatic heterocycles. The van der Waals surface area contributed by atoms with Gasteiger partial charge in [-0.1, -0.05) is 19.1 Å². The van der Waals surface area contributed by atoms with Gasteiger partial charge in [0.15, 0.2) is 0 Å². The molecule has 0 radical (unpaired) electrons. The zero-order valence-electron chi connectivity index (χ0n) is 10.3. The zero-order valence-corrected chi connectivity index (χ0v) is 11.1. The molecule has 0 spiro atoms. The second-order valence-corrected chi connectivity index (χ2v) is 6.88. The Morgan fingerprint density at radius 2 is 1.94 bits per heavy atom. The Bertz CT molecular complexity index is 566. The number of nitrogens with one attached hydrogen (secondary N) is 1. The summed E-state index contributed by atoms with van der Waals surface area (Å²) in [5.41, 5.74) is 0.971. The lowest BCUT2D eigenvalue weighted by Gasteiger charge is -2.11. The predicted octanol–water partition coefficient (Wildman–Crippen LogP) is 1.83. The predicted molar refractivity (Wildman–Crippen MR) is 68.3 cm³/mol. The van der Waals surface area contributed by atoms with Crippen molar-refractivity contribution in [1.82, 2.24) is 4.72 Å². The van der Waals surface area contributed by atoms with Gasteiger partial charge in [0, 0.05) is 6.54 Å². The third-order valence-corrected chi connectivity index (χ3v) is 4.73. The van der Waals surface area contributed by atoms with Crippen LogP contribution in [0.3, 0.4) is 0 Å². The summed E-state index contributed by atoms with van der Waals surface area (Å²) in [4.78, 5) is 0.258. The van der Waals surface area contributed by atoms with Gasteiger partial charge in [0.1, 0.15) is 0 Å². The molecule has 1 fully saturated rings. The molecule has 1 aromatic rings. The Morgan fingerprint density at radius 3 is 2.44 bits per heavy atom. The summed E-state index contributed by atoms with van der Waals surface area (Å²) >= 11 is 0. The van der Waals surface area contributed by atoms with Crippen molar-refractivity contribution in [3.63, 3.8) is 0 Å². The third-order valence-electron chi connectivity index (χ3n) is 3.31. The highest BCUT2D eigenvalue weighted by Gasteiger charge is 2.38. The summed E-state index contributed by atoms with van der Waals surface area (Å²) in [6.45, 7) is 2.57. The summed E-state index contributed by atoms with van der Waals surface area (Å²) in [5, 5.41) is 8.55. The lowest BCUT2D eigenvalue weighted by atomic mass is 10.2. The molecule has 0 atom stereocenters. The Morgan fingerprint density at radius 1 is 1.33 bits per heavy atom. The Hall–Kier alpha value is -1.38. The van der Waals surface area contributed by atoms with Gasteiger partial charge < -0.3 is 0 Å². The normalized spacial score (nSPS) is 17.1. The highest BCUT2D eigenvalue weighted by atomic mass is 32.2. The van der Waals surface area contributed by atoms with Crippen LogP contribution in [0, 0.1) is 16.7 Å². The largest absolute Gasteiger partial charge is 0.240 e. The summed E-state index contributed by atoms with van der Waals surface area (Å²) < 4.78 is 26.6. The van der Waals surface area contributed by atoms with Crippen molar-refractivity contribution >= 4 is 10.0 Å². The van der Waals surface area contributed by atoms with Crippen molar-refractivity contribution < 1.29 is 8.42 Å². The number of nitriles is 1. The van der Waals surface area contributed by atoms with Crippen LogP contribution in [0.15, 0.2) is 29.2 Å².